The van der Waals surface area contributed by atoms with Crippen molar-refractivity contribution in [3.63, 3.8) is 0 Å². The van der Waals surface area contributed by atoms with Crippen LogP contribution in [0.2, 0.25) is 0 Å². The molecule has 0 aromatic heterocycles. The number of fused-ring (bicyclic) bond motifs is 2. The molecule has 136 valence electrons. The molecule has 0 saturated carbocycles. The van der Waals surface area contributed by atoms with Gasteiger partial charge in [-0.25, -0.2) is 12.1 Å². The van der Waals surface area contributed by atoms with E-state index in [4.69, 9.17) is 10.2 Å². The van der Waals surface area contributed by atoms with Crippen LogP contribution in [-0.2, 0) is 51.9 Å². The van der Waals surface area contributed by atoms with Crippen molar-refractivity contribution in [3.8, 4) is 0 Å². The van der Waals surface area contributed by atoms with Gasteiger partial charge in [0.05, 0.1) is 0 Å². The average Bonchev–Trinajstić information content (AvgIpc) is 3.36. The molecule has 0 N–H and O–H groups in total. The minimum atomic E-state index is 0. The molecule has 4 rings (SSSR count). The van der Waals surface area contributed by atoms with Gasteiger partial charge in [-0.05, 0) is 0 Å². The van der Waals surface area contributed by atoms with Gasteiger partial charge in [0, 0.05) is 0 Å². The van der Waals surface area contributed by atoms with Gasteiger partial charge in [-0.15, -0.1) is 13.2 Å². The van der Waals surface area contributed by atoms with Crippen molar-refractivity contribution < 1.29 is 36.4 Å². The molecule has 2 aliphatic rings. The van der Waals surface area contributed by atoms with Crippen molar-refractivity contribution in [2.45, 2.75) is 51.4 Å². The second-order valence-corrected chi connectivity index (χ2v) is 5.57. The van der Waals surface area contributed by atoms with E-state index in [2.05, 4.69) is 49.6 Å². The van der Waals surface area contributed by atoms with Crippen LogP contribution in [0.4, 0.5) is 0 Å². The Morgan fingerprint density at radius 2 is 1.00 bits per heavy atom. The van der Waals surface area contributed by atoms with Crippen LogP contribution in [0.25, 0.3) is 0 Å². The summed E-state index contributed by atoms with van der Waals surface area (Å²) in [5, 5.41) is 16.5. The number of hydrogen-bond acceptors (Lipinski definition) is 2. The van der Waals surface area contributed by atoms with Gasteiger partial charge in [-0.3, -0.25) is 0 Å². The van der Waals surface area contributed by atoms with E-state index >= 15 is 0 Å². The number of aryl methyl sites for hydroxylation is 4. The molecule has 0 fully saturated rings. The van der Waals surface area contributed by atoms with Crippen molar-refractivity contribution >= 4 is 0 Å². The van der Waals surface area contributed by atoms with Crippen molar-refractivity contribution in [2.75, 3.05) is 14.2 Å². The molecule has 0 atom stereocenters. The molecule has 3 heteroatoms. The second-order valence-electron chi connectivity index (χ2n) is 5.57. The first-order valence-electron chi connectivity index (χ1n) is 8.72. The molecule has 2 aromatic rings. The molecule has 0 bridgehead atoms. The average molecular weight is 420 g/mol. The zero-order valence-corrected chi connectivity index (χ0v) is 18.3. The first kappa shape index (κ1) is 26.5. The van der Waals surface area contributed by atoms with Gasteiger partial charge in [0.1, 0.15) is 0 Å². The maximum absolute atomic E-state index is 8.25. The molecule has 0 saturated heterocycles. The SMILES string of the molecule is C=C.C[O-].C[O-].[Zr+4].c1cc2c([cH-]1)CCCC2.c1cc2c([cH-]1)CCCC2. The van der Waals surface area contributed by atoms with Crippen molar-refractivity contribution in [1.29, 1.82) is 0 Å². The van der Waals surface area contributed by atoms with Crippen molar-refractivity contribution in [1.82, 2.24) is 0 Å². The quantitative estimate of drug-likeness (QED) is 0.486. The molecule has 0 radical (unpaired) electrons. The van der Waals surface area contributed by atoms with E-state index in [1.54, 1.807) is 22.3 Å². The largest absolute Gasteiger partial charge is 4.00 e. The Kier molecular flexibility index (Phi) is 19.1. The Bertz CT molecular complexity index is 426. The van der Waals surface area contributed by atoms with E-state index in [0.29, 0.717) is 0 Å². The standard InChI is InChI=1S/2C9H11.C2H4.2CH3O.Zr/c2*1-2-5-9-7-3-6-8(9)4-1;3*1-2;/h2*3,6-7H,1-2,4-5H2;1-2H2;2*1H3;/q2*-1;;2*-1;+4. The number of hydrogen-bond donors (Lipinski definition) is 0. The fraction of sp³-hybridized carbons (Fsp3) is 0.455. The van der Waals surface area contributed by atoms with Crippen LogP contribution in [0.1, 0.15) is 47.9 Å². The fourth-order valence-corrected chi connectivity index (χ4v) is 3.23. The van der Waals surface area contributed by atoms with Crippen LogP contribution in [-0.4, -0.2) is 14.2 Å². The molecule has 0 heterocycles. The minimum absolute atomic E-state index is 0. The Hall–Kier alpha value is -0.757. The van der Waals surface area contributed by atoms with Gasteiger partial charge in [-0.1, -0.05) is 51.4 Å². The third-order valence-electron chi connectivity index (χ3n) is 4.30. The van der Waals surface area contributed by atoms with E-state index in [-0.39, 0.29) is 26.2 Å². The Morgan fingerprint density at radius 3 is 1.32 bits per heavy atom. The third-order valence-corrected chi connectivity index (χ3v) is 4.30. The van der Waals surface area contributed by atoms with Gasteiger partial charge < -0.3 is 10.2 Å². The Labute approximate surface area is 173 Å². The molecule has 0 aliphatic heterocycles. The van der Waals surface area contributed by atoms with Crippen LogP contribution in [0.3, 0.4) is 0 Å². The third kappa shape index (κ3) is 9.49. The predicted octanol–water partition coefficient (Wildman–Crippen LogP) is 3.32. The van der Waals surface area contributed by atoms with Crippen LogP contribution in [0.15, 0.2) is 49.6 Å². The topological polar surface area (TPSA) is 46.1 Å². The number of rotatable bonds is 0. The molecule has 0 unspecified atom stereocenters. The predicted molar refractivity (Wildman–Crippen MR) is 100 cm³/mol. The molecule has 0 amide bonds. The van der Waals surface area contributed by atoms with Crippen LogP contribution in [0, 0.1) is 0 Å². The summed E-state index contributed by atoms with van der Waals surface area (Å²) >= 11 is 0. The van der Waals surface area contributed by atoms with Gasteiger partial charge >= 0.3 is 26.2 Å². The first-order chi connectivity index (χ1) is 11.9. The summed E-state index contributed by atoms with van der Waals surface area (Å²) in [4.78, 5) is 0. The molecule has 2 aliphatic carbocycles. The van der Waals surface area contributed by atoms with E-state index in [1.807, 2.05) is 0 Å². The van der Waals surface area contributed by atoms with E-state index < -0.39 is 0 Å². The summed E-state index contributed by atoms with van der Waals surface area (Å²) in [6.45, 7) is 6.00. The van der Waals surface area contributed by atoms with Crippen LogP contribution < -0.4 is 10.2 Å². The van der Waals surface area contributed by atoms with Gasteiger partial charge in [0.15, 0.2) is 0 Å². The molecule has 0 spiro atoms. The van der Waals surface area contributed by atoms with Gasteiger partial charge in [0.25, 0.3) is 0 Å². The van der Waals surface area contributed by atoms with Crippen molar-refractivity contribution in [3.05, 3.63) is 71.8 Å². The maximum atomic E-state index is 8.25. The normalized spacial score (nSPS) is 13.1. The first-order valence-corrected chi connectivity index (χ1v) is 8.72. The summed E-state index contributed by atoms with van der Waals surface area (Å²) < 4.78 is 0. The summed E-state index contributed by atoms with van der Waals surface area (Å²) in [5.41, 5.74) is 6.39. The van der Waals surface area contributed by atoms with Crippen LogP contribution >= 0.6 is 0 Å². The maximum Gasteiger partial charge on any atom is 4.00 e. The van der Waals surface area contributed by atoms with Gasteiger partial charge in [0.2, 0.25) is 0 Å². The van der Waals surface area contributed by atoms with E-state index in [1.165, 1.54) is 51.4 Å². The Morgan fingerprint density at radius 1 is 0.680 bits per heavy atom. The minimum Gasteiger partial charge on any atom is -0.857 e. The Balaban J connectivity index is 0. The molecular formula is C22H32O2Zr. The molecular weight excluding hydrogens is 387 g/mol. The van der Waals surface area contributed by atoms with Gasteiger partial charge in [-0.2, -0.15) is 60.7 Å². The van der Waals surface area contributed by atoms with Crippen LogP contribution in [0.5, 0.6) is 0 Å². The second kappa shape index (κ2) is 18.0. The summed E-state index contributed by atoms with van der Waals surface area (Å²) in [6, 6.07) is 13.4. The summed E-state index contributed by atoms with van der Waals surface area (Å²) in [5.74, 6) is 0. The molecule has 25 heavy (non-hydrogen) atoms. The zero-order valence-electron chi connectivity index (χ0n) is 15.9. The zero-order chi connectivity index (χ0) is 18.2. The molecule has 2 nitrogen and oxygen atoms in total. The van der Waals surface area contributed by atoms with Crippen molar-refractivity contribution in [2.24, 2.45) is 0 Å². The molecule has 2 aromatic carbocycles. The summed E-state index contributed by atoms with van der Waals surface area (Å²) in [7, 11) is 1.50. The van der Waals surface area contributed by atoms with E-state index in [9.17, 15) is 0 Å². The summed E-state index contributed by atoms with van der Waals surface area (Å²) in [6.07, 6.45) is 10.9. The van der Waals surface area contributed by atoms with E-state index in [0.717, 1.165) is 14.2 Å². The monoisotopic (exact) mass is 418 g/mol. The fourth-order valence-electron chi connectivity index (χ4n) is 3.23. The smallest absolute Gasteiger partial charge is 0.857 e.